The van der Waals surface area contributed by atoms with Crippen LogP contribution in [0, 0.1) is 13.8 Å². The molecule has 0 atom stereocenters. The van der Waals surface area contributed by atoms with Crippen LogP contribution in [-0.4, -0.2) is 14.3 Å². The van der Waals surface area contributed by atoms with Crippen LogP contribution in [0.5, 0.6) is 0 Å². The first-order valence-electron chi connectivity index (χ1n) is 9.17. The van der Waals surface area contributed by atoms with Crippen molar-refractivity contribution in [1.82, 2.24) is 14.3 Å². The van der Waals surface area contributed by atoms with Gasteiger partial charge in [0.1, 0.15) is 5.65 Å². The number of rotatable bonds is 3. The van der Waals surface area contributed by atoms with E-state index in [1.54, 1.807) is 12.1 Å². The zero-order valence-electron chi connectivity index (χ0n) is 16.2. The molecule has 0 bridgehead atoms. The zero-order valence-corrected chi connectivity index (χ0v) is 17.8. The molecule has 0 saturated heterocycles. The third kappa shape index (κ3) is 3.67. The number of fused-ring (bicyclic) bond motifs is 1. The molecule has 0 radical (unpaired) electrons. The van der Waals surface area contributed by atoms with Gasteiger partial charge >= 0.3 is 6.18 Å². The quantitative estimate of drug-likeness (QED) is 0.385. The van der Waals surface area contributed by atoms with Gasteiger partial charge in [0.05, 0.1) is 28.9 Å². The van der Waals surface area contributed by atoms with E-state index in [4.69, 9.17) is 0 Å². The summed E-state index contributed by atoms with van der Waals surface area (Å²) in [5, 5.41) is 4.30. The fourth-order valence-electron chi connectivity index (χ4n) is 3.52. The summed E-state index contributed by atoms with van der Waals surface area (Å²) in [6.45, 7) is 3.56. The third-order valence-corrected chi connectivity index (χ3v) is 5.40. The molecule has 2 heterocycles. The monoisotopic (exact) mass is 475 g/mol. The standard InChI is InChI=1S/C22H17BrF3N3O/c1-13-6-8-17(9-7-13)29-21-20(14(2)27-29)18(22(24,25)26)11-19(30)28(21)12-15-4-3-5-16(23)10-15/h3-11H,12H2,1-2H3. The number of pyridine rings is 1. The zero-order chi connectivity index (χ0) is 21.6. The highest BCUT2D eigenvalue weighted by atomic mass is 79.9. The van der Waals surface area contributed by atoms with Crippen LogP contribution in [0.2, 0.25) is 0 Å². The Kier molecular flexibility index (Phi) is 5.05. The molecule has 0 fully saturated rings. The molecule has 4 nitrogen and oxygen atoms in total. The summed E-state index contributed by atoms with van der Waals surface area (Å²) in [5.74, 6) is 0. The smallest absolute Gasteiger partial charge is 0.288 e. The average molecular weight is 476 g/mol. The molecule has 0 aliphatic rings. The number of hydrogen-bond donors (Lipinski definition) is 0. The van der Waals surface area contributed by atoms with Crippen LogP contribution in [0.4, 0.5) is 13.2 Å². The van der Waals surface area contributed by atoms with Crippen LogP contribution >= 0.6 is 15.9 Å². The summed E-state index contributed by atoms with van der Waals surface area (Å²) in [6.07, 6.45) is -4.67. The summed E-state index contributed by atoms with van der Waals surface area (Å²) in [7, 11) is 0. The third-order valence-electron chi connectivity index (χ3n) is 4.91. The molecule has 0 aliphatic carbocycles. The highest BCUT2D eigenvalue weighted by Crippen LogP contribution is 2.36. The molecule has 0 aliphatic heterocycles. The van der Waals surface area contributed by atoms with Gasteiger partial charge in [0.2, 0.25) is 0 Å². The molecule has 4 aromatic rings. The van der Waals surface area contributed by atoms with Gasteiger partial charge in [0.15, 0.2) is 0 Å². The van der Waals surface area contributed by atoms with Gasteiger partial charge < -0.3 is 0 Å². The van der Waals surface area contributed by atoms with Gasteiger partial charge in [0.25, 0.3) is 5.56 Å². The Morgan fingerprint density at radius 3 is 2.37 bits per heavy atom. The predicted molar refractivity (Wildman–Crippen MR) is 113 cm³/mol. The molecular weight excluding hydrogens is 459 g/mol. The Bertz CT molecular complexity index is 1300. The van der Waals surface area contributed by atoms with Gasteiger partial charge in [-0.2, -0.15) is 18.3 Å². The Balaban J connectivity index is 2.06. The fraction of sp³-hybridized carbons (Fsp3) is 0.182. The second kappa shape index (κ2) is 7.43. The van der Waals surface area contributed by atoms with Crippen LogP contribution in [0.1, 0.15) is 22.4 Å². The van der Waals surface area contributed by atoms with E-state index < -0.39 is 17.3 Å². The largest absolute Gasteiger partial charge is 0.417 e. The number of nitrogens with zero attached hydrogens (tertiary/aromatic N) is 3. The summed E-state index contributed by atoms with van der Waals surface area (Å²) >= 11 is 3.39. The molecule has 2 aromatic heterocycles. The van der Waals surface area contributed by atoms with Gasteiger partial charge in [0, 0.05) is 10.5 Å². The van der Waals surface area contributed by atoms with E-state index in [2.05, 4.69) is 21.0 Å². The van der Waals surface area contributed by atoms with Crippen molar-refractivity contribution in [2.24, 2.45) is 0 Å². The number of benzene rings is 2. The van der Waals surface area contributed by atoms with Crippen LogP contribution in [0.25, 0.3) is 16.7 Å². The molecule has 30 heavy (non-hydrogen) atoms. The minimum atomic E-state index is -4.67. The van der Waals surface area contributed by atoms with E-state index >= 15 is 0 Å². The van der Waals surface area contributed by atoms with Crippen molar-refractivity contribution in [3.63, 3.8) is 0 Å². The van der Waals surface area contributed by atoms with E-state index in [1.807, 2.05) is 43.3 Å². The van der Waals surface area contributed by atoms with Crippen molar-refractivity contribution in [3.8, 4) is 5.69 Å². The van der Waals surface area contributed by atoms with Crippen molar-refractivity contribution in [2.75, 3.05) is 0 Å². The Morgan fingerprint density at radius 2 is 1.73 bits per heavy atom. The van der Waals surface area contributed by atoms with Gasteiger partial charge in [-0.25, -0.2) is 4.68 Å². The lowest BCUT2D eigenvalue weighted by molar-refractivity contribution is -0.136. The maximum absolute atomic E-state index is 13.8. The molecule has 154 valence electrons. The van der Waals surface area contributed by atoms with Gasteiger partial charge in [-0.05, 0) is 43.7 Å². The van der Waals surface area contributed by atoms with E-state index in [1.165, 1.54) is 16.2 Å². The first kappa shape index (κ1) is 20.4. The van der Waals surface area contributed by atoms with Crippen LogP contribution in [-0.2, 0) is 12.7 Å². The van der Waals surface area contributed by atoms with Crippen molar-refractivity contribution in [2.45, 2.75) is 26.6 Å². The first-order valence-corrected chi connectivity index (χ1v) is 9.96. The second-order valence-electron chi connectivity index (χ2n) is 7.14. The Labute approximate surface area is 178 Å². The van der Waals surface area contributed by atoms with E-state index in [-0.39, 0.29) is 23.3 Å². The van der Waals surface area contributed by atoms with Gasteiger partial charge in [-0.3, -0.25) is 9.36 Å². The van der Waals surface area contributed by atoms with Crippen molar-refractivity contribution < 1.29 is 13.2 Å². The Morgan fingerprint density at radius 1 is 1.03 bits per heavy atom. The lowest BCUT2D eigenvalue weighted by Gasteiger charge is -2.15. The summed E-state index contributed by atoms with van der Waals surface area (Å²) in [5.41, 5.74) is 1.00. The van der Waals surface area contributed by atoms with Crippen molar-refractivity contribution in [3.05, 3.63) is 91.8 Å². The number of halogens is 4. The minimum absolute atomic E-state index is 0.0716. The molecule has 0 N–H and O–H groups in total. The molecule has 0 spiro atoms. The molecule has 8 heteroatoms. The van der Waals surface area contributed by atoms with Crippen molar-refractivity contribution in [1.29, 1.82) is 0 Å². The highest BCUT2D eigenvalue weighted by Gasteiger charge is 2.36. The van der Waals surface area contributed by atoms with E-state index in [0.29, 0.717) is 11.8 Å². The first-order chi connectivity index (χ1) is 14.1. The molecule has 0 unspecified atom stereocenters. The molecule has 0 saturated carbocycles. The average Bonchev–Trinajstić information content (AvgIpc) is 3.01. The summed E-state index contributed by atoms with van der Waals surface area (Å²) in [6, 6.07) is 15.2. The van der Waals surface area contributed by atoms with E-state index in [0.717, 1.165) is 15.6 Å². The fourth-order valence-corrected chi connectivity index (χ4v) is 3.96. The highest BCUT2D eigenvalue weighted by molar-refractivity contribution is 9.10. The van der Waals surface area contributed by atoms with Crippen LogP contribution < -0.4 is 5.56 Å². The molecule has 2 aromatic carbocycles. The topological polar surface area (TPSA) is 39.8 Å². The maximum Gasteiger partial charge on any atom is 0.417 e. The number of alkyl halides is 3. The Hall–Kier alpha value is -2.87. The van der Waals surface area contributed by atoms with Gasteiger partial charge in [-0.15, -0.1) is 0 Å². The lowest BCUT2D eigenvalue weighted by atomic mass is 10.1. The molecule has 0 amide bonds. The minimum Gasteiger partial charge on any atom is -0.288 e. The second-order valence-corrected chi connectivity index (χ2v) is 8.06. The maximum atomic E-state index is 13.8. The van der Waals surface area contributed by atoms with Gasteiger partial charge in [-0.1, -0.05) is 45.8 Å². The van der Waals surface area contributed by atoms with Crippen LogP contribution in [0.3, 0.4) is 0 Å². The number of aryl methyl sites for hydroxylation is 2. The summed E-state index contributed by atoms with van der Waals surface area (Å²) < 4.78 is 44.9. The number of hydrogen-bond acceptors (Lipinski definition) is 2. The normalized spacial score (nSPS) is 11.9. The summed E-state index contributed by atoms with van der Waals surface area (Å²) in [4.78, 5) is 12.8. The molecular formula is C22H17BrF3N3O. The number of aromatic nitrogens is 3. The van der Waals surface area contributed by atoms with Crippen LogP contribution in [0.15, 0.2) is 63.9 Å². The predicted octanol–water partition coefficient (Wildman–Crippen LogP) is 5.63. The lowest BCUT2D eigenvalue weighted by Crippen LogP contribution is -2.25. The SMILES string of the molecule is Cc1ccc(-n2nc(C)c3c(C(F)(F)F)cc(=O)n(Cc4cccc(Br)c4)c32)cc1. The van der Waals surface area contributed by atoms with Crippen molar-refractivity contribution >= 4 is 27.0 Å². The molecule has 4 rings (SSSR count). The van der Waals surface area contributed by atoms with E-state index in [9.17, 15) is 18.0 Å².